The lowest BCUT2D eigenvalue weighted by Crippen LogP contribution is -2.70. The maximum absolute atomic E-state index is 15.9. The molecular weight excluding hydrogens is 1240 g/mol. The molecule has 0 spiro atoms. The predicted molar refractivity (Wildman–Crippen MR) is 318 cm³/mol. The summed E-state index contributed by atoms with van der Waals surface area (Å²) < 4.78 is 71.3. The Hall–Kier alpha value is -2.77. The van der Waals surface area contributed by atoms with Gasteiger partial charge in [0.15, 0.2) is 37.4 Å². The van der Waals surface area contributed by atoms with Crippen molar-refractivity contribution in [1.82, 2.24) is 0 Å². The van der Waals surface area contributed by atoms with E-state index in [0.717, 1.165) is 12.5 Å². The van der Waals surface area contributed by atoms with Gasteiger partial charge in [-0.1, -0.05) is 53.2 Å². The molecule has 0 aromatic rings. The van der Waals surface area contributed by atoms with Gasteiger partial charge in [-0.2, -0.15) is 0 Å². The molecule has 0 aromatic carbocycles. The Morgan fingerprint density at radius 1 is 0.564 bits per heavy atom. The molecule has 5 saturated heterocycles. The van der Waals surface area contributed by atoms with Crippen molar-refractivity contribution in [3.63, 3.8) is 0 Å². The van der Waals surface area contributed by atoms with Gasteiger partial charge in [0.1, 0.15) is 90.9 Å². The van der Waals surface area contributed by atoms with Crippen LogP contribution in [0.3, 0.4) is 0 Å². The number of esters is 3. The molecule has 5 heterocycles. The lowest BCUT2D eigenvalue weighted by atomic mass is 9.33. The second-order valence-corrected chi connectivity index (χ2v) is 30.8. The smallest absolute Gasteiger partial charge is 0.317 e. The van der Waals surface area contributed by atoms with E-state index >= 15 is 4.79 Å². The summed E-state index contributed by atoms with van der Waals surface area (Å²) in [5.74, 6) is -3.53. The Labute approximate surface area is 546 Å². The monoisotopic (exact) mass is 1350 g/mol. The number of aliphatic hydroxyl groups excluding tert-OH is 14. The Morgan fingerprint density at radius 3 is 1.72 bits per heavy atom. The van der Waals surface area contributed by atoms with Gasteiger partial charge in [-0.15, -0.1) is 0 Å². The molecule has 5 aliphatic heterocycles. The van der Waals surface area contributed by atoms with Gasteiger partial charge in [0.2, 0.25) is 6.29 Å². The van der Waals surface area contributed by atoms with Crippen LogP contribution >= 0.6 is 0 Å². The minimum Gasteiger partial charge on any atom is -0.462 e. The summed E-state index contributed by atoms with van der Waals surface area (Å²) >= 11 is 0. The summed E-state index contributed by atoms with van der Waals surface area (Å²) in [4.78, 5) is 41.1. The average Bonchev–Trinajstić information content (AvgIpc) is 0.670. The summed E-state index contributed by atoms with van der Waals surface area (Å²) in [6, 6.07) is 0. The molecule has 0 radical (unpaired) electrons. The number of hydrogen-bond acceptors (Lipinski definition) is 29. The molecule has 29 nitrogen and oxygen atoms in total. The fourth-order valence-corrected chi connectivity index (χ4v) is 18.7. The van der Waals surface area contributed by atoms with E-state index in [4.69, 9.17) is 56.8 Å². The number of carbonyl (C=O) groups excluding carboxylic acids is 3. The summed E-state index contributed by atoms with van der Waals surface area (Å²) in [5.41, 5.74) is -4.16. The summed E-state index contributed by atoms with van der Waals surface area (Å²) in [6.45, 7) is 20.0. The largest absolute Gasteiger partial charge is 0.462 e. The molecule has 0 aromatic heterocycles. The second kappa shape index (κ2) is 27.3. The first-order chi connectivity index (χ1) is 43.8. The van der Waals surface area contributed by atoms with Crippen LogP contribution in [0.4, 0.5) is 0 Å². The van der Waals surface area contributed by atoms with Crippen LogP contribution in [-0.4, -0.2) is 274 Å². The van der Waals surface area contributed by atoms with Crippen molar-refractivity contribution in [3.8, 4) is 0 Å². The molecule has 14 N–H and O–H groups in total. The first-order valence-corrected chi connectivity index (χ1v) is 33.4. The molecule has 0 bridgehead atoms. The number of carbonyl (C=O) groups is 3. The minimum absolute atomic E-state index is 0.0898. The van der Waals surface area contributed by atoms with Crippen molar-refractivity contribution in [2.45, 2.75) is 313 Å². The fraction of sp³-hybridized carbons (Fsp3) is 0.923. The number of ether oxygens (including phenoxy) is 12. The predicted octanol–water partition coefficient (Wildman–Crippen LogP) is -1.65. The van der Waals surface area contributed by atoms with Crippen molar-refractivity contribution >= 4 is 17.9 Å². The van der Waals surface area contributed by atoms with E-state index < -0.39 is 242 Å². The van der Waals surface area contributed by atoms with Gasteiger partial charge in [0.25, 0.3) is 0 Å². The van der Waals surface area contributed by atoms with Crippen LogP contribution in [0.15, 0.2) is 11.6 Å². The van der Waals surface area contributed by atoms with E-state index in [1.807, 2.05) is 6.92 Å². The summed E-state index contributed by atoms with van der Waals surface area (Å²) in [7, 11) is 0. The normalized spacial score (nSPS) is 52.9. The molecular formula is C65H104O29. The van der Waals surface area contributed by atoms with E-state index in [-0.39, 0.29) is 36.5 Å². The van der Waals surface area contributed by atoms with Crippen molar-refractivity contribution in [2.24, 2.45) is 50.2 Å². The van der Waals surface area contributed by atoms with E-state index in [1.165, 1.54) is 34.6 Å². The highest BCUT2D eigenvalue weighted by Gasteiger charge is 2.73. The van der Waals surface area contributed by atoms with E-state index in [0.29, 0.717) is 32.1 Å². The Kier molecular flexibility index (Phi) is 21.5. The fourth-order valence-electron chi connectivity index (χ4n) is 18.7. The lowest BCUT2D eigenvalue weighted by molar-refractivity contribution is -0.380. The third kappa shape index (κ3) is 12.8. The molecule has 9 fully saturated rings. The maximum Gasteiger partial charge on any atom is 0.317 e. The summed E-state index contributed by atoms with van der Waals surface area (Å²) in [6.07, 6.45) is -38.4. The van der Waals surface area contributed by atoms with Crippen LogP contribution in [0.25, 0.3) is 0 Å². The Bertz CT molecular complexity index is 2720. The average molecular weight is 1350 g/mol. The van der Waals surface area contributed by atoms with E-state index in [9.17, 15) is 81.1 Å². The van der Waals surface area contributed by atoms with Crippen molar-refractivity contribution in [2.75, 3.05) is 13.2 Å². The molecule has 10 aliphatic rings. The zero-order valence-electron chi connectivity index (χ0n) is 55.6. The van der Waals surface area contributed by atoms with Gasteiger partial charge < -0.3 is 128 Å². The minimum atomic E-state index is -2.07. The van der Waals surface area contributed by atoms with Crippen LogP contribution in [0.2, 0.25) is 0 Å². The molecule has 94 heavy (non-hydrogen) atoms. The standard InChI is InChI=1S/C65H104O29/c1-25(84-30(6)67)19-38(71)89-50-29(5)88-58(52(47(50)80)92-56-46(79)43(76)49(28(4)87-56)90-54-48(81)51(34(69)23-83-54)91-55-44(77)41(74)39(72)26(2)85-55)94-59(82)65-18-17-60(7,8)20-32(65)31-13-14-36-61(9)21-33(68)53(93-57-45(78)42(75)40(73)27(3)86-57)62(10,24-66)35(61)15-16-63(36,11)64(31,12)22-37(65)70/h13,25-29,32-37,39-58,66,68-70,72-81H,14-24H2,1-12H3/t25-,26-,27-,28-,29+,32?,33-,34+,35?,36+,37+,39-,40-,41+,42+,43-,44+,45+,46+,47-,48+,49-,50-,51-,52+,53-,54-,55-,56-,57-,58-,61-,62-,63+,64+,65+/m0/s1. The molecule has 2 unspecified atom stereocenters. The summed E-state index contributed by atoms with van der Waals surface area (Å²) in [5, 5.41) is 159. The molecule has 10 rings (SSSR count). The molecule has 36 atom stereocenters. The van der Waals surface area contributed by atoms with Gasteiger partial charge in [-0.25, -0.2) is 0 Å². The molecule has 5 aliphatic carbocycles. The number of hydrogen-bond donors (Lipinski definition) is 14. The van der Waals surface area contributed by atoms with E-state index in [1.54, 1.807) is 0 Å². The van der Waals surface area contributed by atoms with Gasteiger partial charge >= 0.3 is 17.9 Å². The zero-order valence-corrected chi connectivity index (χ0v) is 55.6. The third-order valence-corrected chi connectivity index (χ3v) is 24.2. The second-order valence-electron chi connectivity index (χ2n) is 30.8. The number of aliphatic hydroxyl groups is 14. The first-order valence-electron chi connectivity index (χ1n) is 33.4. The topological polar surface area (TPSA) is 445 Å². The third-order valence-electron chi connectivity index (χ3n) is 24.2. The van der Waals surface area contributed by atoms with Crippen LogP contribution in [0.5, 0.6) is 0 Å². The molecule has 538 valence electrons. The lowest BCUT2D eigenvalue weighted by Gasteiger charge is -2.72. The SMILES string of the molecule is CC(=O)O[C@@H](C)CC(=O)O[C@@H]1[C@H](O)[C@@H](O[C@@H]2O[C@@H](C)[C@H](O[C@@H]3OC[C@@H](O)[C@H](O[C@@H]4O[C@@H](C)[C@H](O)[C@@H](O)[C@H]4O)[C@H]3O)[C@@H](O)[C@H]2O)[C@H](OC(=O)[C@]23CCC(C)(C)CC2C2=CC[C@@H]4[C@@]5(C)C[C@H](O)[C@H](O[C@@H]6O[C@@H](C)[C@H](O)[C@@H](O)[C@H]6O)[C@@](C)(CO)C5CC[C@@]4(C)[C@]2(C)C[C@H]3O)O[C@@H]1C. The van der Waals surface area contributed by atoms with Gasteiger partial charge in [0, 0.05) is 12.3 Å². The highest BCUT2D eigenvalue weighted by Crippen LogP contribution is 2.76. The van der Waals surface area contributed by atoms with Crippen molar-refractivity contribution in [1.29, 1.82) is 0 Å². The van der Waals surface area contributed by atoms with Crippen molar-refractivity contribution in [3.05, 3.63) is 11.6 Å². The van der Waals surface area contributed by atoms with Crippen LogP contribution in [0.1, 0.15) is 141 Å². The van der Waals surface area contributed by atoms with Gasteiger partial charge in [-0.3, -0.25) is 14.4 Å². The number of fused-ring (bicyclic) bond motifs is 7. The Balaban J connectivity index is 0.906. The zero-order chi connectivity index (χ0) is 69.2. The number of rotatable bonds is 15. The first kappa shape index (κ1) is 73.9. The quantitative estimate of drug-likeness (QED) is 0.0378. The van der Waals surface area contributed by atoms with Gasteiger partial charge in [0.05, 0.1) is 62.4 Å². The molecule has 0 amide bonds. The number of allylic oxidation sites excluding steroid dienone is 2. The maximum atomic E-state index is 15.9. The highest BCUT2D eigenvalue weighted by atomic mass is 16.8. The van der Waals surface area contributed by atoms with Crippen LogP contribution in [0, 0.1) is 50.2 Å². The van der Waals surface area contributed by atoms with Crippen molar-refractivity contribution < 1.29 is 143 Å². The van der Waals surface area contributed by atoms with Gasteiger partial charge in [-0.05, 0) is 125 Å². The van der Waals surface area contributed by atoms with Crippen LogP contribution < -0.4 is 0 Å². The Morgan fingerprint density at radius 2 is 1.12 bits per heavy atom. The van der Waals surface area contributed by atoms with E-state index in [2.05, 4.69) is 40.7 Å². The van der Waals surface area contributed by atoms with Crippen LogP contribution in [-0.2, 0) is 71.2 Å². The molecule has 29 heteroatoms. The highest BCUT2D eigenvalue weighted by molar-refractivity contribution is 5.80. The molecule has 4 saturated carbocycles.